The Hall–Kier alpha value is -0.870. The van der Waals surface area contributed by atoms with Gasteiger partial charge >= 0.3 is 0 Å². The van der Waals surface area contributed by atoms with Crippen molar-refractivity contribution in [2.24, 2.45) is 0 Å². The van der Waals surface area contributed by atoms with Gasteiger partial charge < -0.3 is 14.6 Å². The Morgan fingerprint density at radius 1 is 1.50 bits per heavy atom. The number of aromatic nitrogens is 2. The molecule has 0 aliphatic rings. The molecule has 0 amide bonds. The van der Waals surface area contributed by atoms with Crippen molar-refractivity contribution < 1.29 is 4.74 Å². The van der Waals surface area contributed by atoms with Crippen LogP contribution in [0.5, 0.6) is 0 Å². The third kappa shape index (κ3) is 4.77. The predicted octanol–water partition coefficient (Wildman–Crippen LogP) is 1.81. The summed E-state index contributed by atoms with van der Waals surface area (Å²) in [6, 6.07) is 0.557. The first-order valence-electron chi connectivity index (χ1n) is 6.04. The first-order chi connectivity index (χ1) is 7.74. The zero-order chi connectivity index (χ0) is 11.8. The molecule has 1 heterocycles. The van der Waals surface area contributed by atoms with E-state index in [1.807, 2.05) is 12.5 Å². The van der Waals surface area contributed by atoms with Gasteiger partial charge in [0, 0.05) is 19.2 Å². The van der Waals surface area contributed by atoms with E-state index >= 15 is 0 Å². The lowest BCUT2D eigenvalue weighted by atomic mass is 10.3. The average Bonchev–Trinajstić information content (AvgIpc) is 2.70. The highest BCUT2D eigenvalue weighted by atomic mass is 16.5. The Morgan fingerprint density at radius 3 is 3.00 bits per heavy atom. The fraction of sp³-hybridized carbons (Fsp3) is 0.750. The van der Waals surface area contributed by atoms with Crippen LogP contribution >= 0.6 is 0 Å². The molecule has 0 saturated carbocycles. The molecular formula is C12H23N3O. The van der Waals surface area contributed by atoms with Crippen molar-refractivity contribution in [1.29, 1.82) is 0 Å². The van der Waals surface area contributed by atoms with E-state index < -0.39 is 0 Å². The minimum absolute atomic E-state index is 0.557. The molecule has 1 aromatic rings. The van der Waals surface area contributed by atoms with Gasteiger partial charge in [-0.3, -0.25) is 0 Å². The van der Waals surface area contributed by atoms with Gasteiger partial charge in [-0.25, -0.2) is 4.98 Å². The van der Waals surface area contributed by atoms with Gasteiger partial charge in [-0.1, -0.05) is 13.8 Å². The first kappa shape index (κ1) is 13.2. The summed E-state index contributed by atoms with van der Waals surface area (Å²) in [5, 5.41) is 3.36. The minimum Gasteiger partial charge on any atom is -0.375 e. The van der Waals surface area contributed by atoms with Gasteiger partial charge in [0.2, 0.25) is 0 Å². The summed E-state index contributed by atoms with van der Waals surface area (Å²) in [5.41, 5.74) is 1.15. The molecule has 0 aliphatic carbocycles. The van der Waals surface area contributed by atoms with Crippen molar-refractivity contribution in [3.63, 3.8) is 0 Å². The molecule has 1 rings (SSSR count). The van der Waals surface area contributed by atoms with Crippen molar-refractivity contribution in [2.75, 3.05) is 13.2 Å². The van der Waals surface area contributed by atoms with Gasteiger partial charge in [-0.15, -0.1) is 0 Å². The zero-order valence-corrected chi connectivity index (χ0v) is 10.6. The van der Waals surface area contributed by atoms with Crippen molar-refractivity contribution in [3.05, 3.63) is 18.2 Å². The SMILES string of the molecule is CCn1cncc1COCCCNC(C)C. The first-order valence-corrected chi connectivity index (χ1v) is 6.04. The quantitative estimate of drug-likeness (QED) is 0.686. The maximum absolute atomic E-state index is 5.60. The van der Waals surface area contributed by atoms with E-state index in [9.17, 15) is 0 Å². The highest BCUT2D eigenvalue weighted by Crippen LogP contribution is 2.01. The van der Waals surface area contributed by atoms with Crippen LogP contribution in [0.3, 0.4) is 0 Å². The van der Waals surface area contributed by atoms with Gasteiger partial charge in [0.05, 0.1) is 24.8 Å². The van der Waals surface area contributed by atoms with Gasteiger partial charge in [0.25, 0.3) is 0 Å². The maximum Gasteiger partial charge on any atom is 0.0948 e. The second kappa shape index (κ2) is 7.41. The molecule has 0 atom stereocenters. The summed E-state index contributed by atoms with van der Waals surface area (Å²) in [6.45, 7) is 9.85. The van der Waals surface area contributed by atoms with E-state index in [4.69, 9.17) is 4.74 Å². The van der Waals surface area contributed by atoms with Crippen molar-refractivity contribution in [2.45, 2.75) is 46.4 Å². The van der Waals surface area contributed by atoms with Crippen LogP contribution in [-0.2, 0) is 17.9 Å². The molecule has 0 saturated heterocycles. The van der Waals surface area contributed by atoms with Crippen molar-refractivity contribution in [3.8, 4) is 0 Å². The van der Waals surface area contributed by atoms with Crippen LogP contribution in [0.1, 0.15) is 32.9 Å². The second-order valence-corrected chi connectivity index (χ2v) is 4.19. The normalized spacial score (nSPS) is 11.2. The number of hydrogen-bond acceptors (Lipinski definition) is 3. The lowest BCUT2D eigenvalue weighted by Gasteiger charge is -2.09. The van der Waals surface area contributed by atoms with E-state index in [2.05, 4.69) is 35.6 Å². The molecular weight excluding hydrogens is 202 g/mol. The number of rotatable bonds is 8. The summed E-state index contributed by atoms with van der Waals surface area (Å²) in [5.74, 6) is 0. The van der Waals surface area contributed by atoms with Crippen LogP contribution in [0, 0.1) is 0 Å². The predicted molar refractivity (Wildman–Crippen MR) is 65.3 cm³/mol. The molecule has 0 unspecified atom stereocenters. The topological polar surface area (TPSA) is 39.1 Å². The number of hydrogen-bond donors (Lipinski definition) is 1. The molecule has 16 heavy (non-hydrogen) atoms. The molecule has 1 N–H and O–H groups in total. The molecule has 4 heteroatoms. The summed E-state index contributed by atoms with van der Waals surface area (Å²) >= 11 is 0. The number of aryl methyl sites for hydroxylation is 1. The average molecular weight is 225 g/mol. The second-order valence-electron chi connectivity index (χ2n) is 4.19. The van der Waals surface area contributed by atoms with Gasteiger partial charge in [0.15, 0.2) is 0 Å². The molecule has 92 valence electrons. The van der Waals surface area contributed by atoms with E-state index in [-0.39, 0.29) is 0 Å². The standard InChI is InChI=1S/C12H23N3O/c1-4-15-10-13-8-12(15)9-16-7-5-6-14-11(2)3/h8,10-11,14H,4-7,9H2,1-3H3. The summed E-state index contributed by atoms with van der Waals surface area (Å²) in [6.07, 6.45) is 4.77. The molecule has 0 spiro atoms. The molecule has 0 aliphatic heterocycles. The van der Waals surface area contributed by atoms with E-state index in [1.165, 1.54) is 0 Å². The Morgan fingerprint density at radius 2 is 2.31 bits per heavy atom. The molecule has 1 aromatic heterocycles. The molecule has 0 fully saturated rings. The van der Waals surface area contributed by atoms with E-state index in [1.54, 1.807) is 0 Å². The van der Waals surface area contributed by atoms with Crippen LogP contribution in [0.4, 0.5) is 0 Å². The Labute approximate surface area is 98.0 Å². The number of nitrogens with one attached hydrogen (secondary N) is 1. The summed E-state index contributed by atoms with van der Waals surface area (Å²) in [4.78, 5) is 4.10. The number of nitrogens with zero attached hydrogens (tertiary/aromatic N) is 2. The lowest BCUT2D eigenvalue weighted by Crippen LogP contribution is -2.24. The third-order valence-electron chi connectivity index (χ3n) is 2.41. The van der Waals surface area contributed by atoms with Crippen LogP contribution < -0.4 is 5.32 Å². The van der Waals surface area contributed by atoms with Crippen LogP contribution in [-0.4, -0.2) is 28.7 Å². The van der Waals surface area contributed by atoms with Crippen molar-refractivity contribution >= 4 is 0 Å². The Kier molecular flexibility index (Phi) is 6.11. The monoisotopic (exact) mass is 225 g/mol. The molecule has 4 nitrogen and oxygen atoms in total. The molecule has 0 radical (unpaired) electrons. The van der Waals surface area contributed by atoms with Gasteiger partial charge in [-0.2, -0.15) is 0 Å². The van der Waals surface area contributed by atoms with Crippen LogP contribution in [0.15, 0.2) is 12.5 Å². The number of ether oxygens (including phenoxy) is 1. The van der Waals surface area contributed by atoms with Crippen LogP contribution in [0.25, 0.3) is 0 Å². The Balaban J connectivity index is 2.07. The Bertz CT molecular complexity index is 284. The van der Waals surface area contributed by atoms with Gasteiger partial charge in [0.1, 0.15) is 0 Å². The number of imidazole rings is 1. The maximum atomic E-state index is 5.60. The highest BCUT2D eigenvalue weighted by molar-refractivity contribution is 4.95. The van der Waals surface area contributed by atoms with E-state index in [0.29, 0.717) is 12.6 Å². The zero-order valence-electron chi connectivity index (χ0n) is 10.6. The fourth-order valence-corrected chi connectivity index (χ4v) is 1.49. The summed E-state index contributed by atoms with van der Waals surface area (Å²) < 4.78 is 7.71. The van der Waals surface area contributed by atoms with Crippen LogP contribution in [0.2, 0.25) is 0 Å². The fourth-order valence-electron chi connectivity index (χ4n) is 1.49. The summed E-state index contributed by atoms with van der Waals surface area (Å²) in [7, 11) is 0. The lowest BCUT2D eigenvalue weighted by molar-refractivity contribution is 0.113. The highest BCUT2D eigenvalue weighted by Gasteiger charge is 1.99. The van der Waals surface area contributed by atoms with Gasteiger partial charge in [-0.05, 0) is 19.9 Å². The third-order valence-corrected chi connectivity index (χ3v) is 2.41. The largest absolute Gasteiger partial charge is 0.375 e. The van der Waals surface area contributed by atoms with Crippen molar-refractivity contribution in [1.82, 2.24) is 14.9 Å². The smallest absolute Gasteiger partial charge is 0.0948 e. The molecule has 0 bridgehead atoms. The minimum atomic E-state index is 0.557. The van der Waals surface area contributed by atoms with E-state index in [0.717, 1.165) is 31.8 Å². The molecule has 0 aromatic carbocycles.